The molecule has 1 saturated heterocycles. The number of halogens is 3. The minimum Gasteiger partial charge on any atom is -0.497 e. The Morgan fingerprint density at radius 1 is 0.884 bits per heavy atom. The number of ether oxygens (including phenoxy) is 2. The summed E-state index contributed by atoms with van der Waals surface area (Å²) in [5.74, 6) is 0.610. The molecule has 5 rings (SSSR count). The Morgan fingerprint density at radius 3 is 2.33 bits per heavy atom. The van der Waals surface area contributed by atoms with Crippen LogP contribution in [-0.2, 0) is 25.2 Å². The van der Waals surface area contributed by atoms with Crippen molar-refractivity contribution in [3.8, 4) is 22.6 Å². The van der Waals surface area contributed by atoms with E-state index in [-0.39, 0.29) is 17.8 Å². The van der Waals surface area contributed by atoms with Gasteiger partial charge in [-0.15, -0.1) is 13.2 Å². The molecular weight excluding hydrogens is 553 g/mol. The molecule has 0 amide bonds. The van der Waals surface area contributed by atoms with E-state index < -0.39 is 6.36 Å². The summed E-state index contributed by atoms with van der Waals surface area (Å²) in [5, 5.41) is 1.07. The first-order valence-electron chi connectivity index (χ1n) is 14.8. The number of aryl methyl sites for hydroxylation is 1. The predicted molar refractivity (Wildman–Crippen MR) is 165 cm³/mol. The van der Waals surface area contributed by atoms with Gasteiger partial charge in [-0.3, -0.25) is 9.80 Å². The Balaban J connectivity index is 1.37. The van der Waals surface area contributed by atoms with Gasteiger partial charge >= 0.3 is 6.36 Å². The van der Waals surface area contributed by atoms with Gasteiger partial charge in [-0.1, -0.05) is 31.2 Å². The lowest BCUT2D eigenvalue weighted by molar-refractivity contribution is -0.274. The van der Waals surface area contributed by atoms with Crippen LogP contribution in [-0.4, -0.2) is 54.0 Å². The third-order valence-electron chi connectivity index (χ3n) is 8.58. The third-order valence-corrected chi connectivity index (χ3v) is 8.58. The molecular formula is C34H41F3N4O2. The van der Waals surface area contributed by atoms with E-state index in [1.165, 1.54) is 23.3 Å². The number of nitrogens with zero attached hydrogens (tertiary/aromatic N) is 3. The second kappa shape index (κ2) is 12.6. The topological polar surface area (TPSA) is 55.9 Å². The van der Waals surface area contributed by atoms with Crippen molar-refractivity contribution in [3.63, 3.8) is 0 Å². The lowest BCUT2D eigenvalue weighted by atomic mass is 9.91. The van der Waals surface area contributed by atoms with E-state index in [4.69, 9.17) is 10.5 Å². The zero-order valence-corrected chi connectivity index (χ0v) is 25.4. The molecule has 0 saturated carbocycles. The zero-order chi connectivity index (χ0) is 30.8. The molecule has 0 atom stereocenters. The van der Waals surface area contributed by atoms with Crippen LogP contribution < -0.4 is 15.2 Å². The first kappa shape index (κ1) is 30.9. The van der Waals surface area contributed by atoms with Crippen molar-refractivity contribution in [2.75, 3.05) is 33.3 Å². The normalized spacial score (nSPS) is 15.3. The van der Waals surface area contributed by atoms with E-state index in [1.54, 1.807) is 13.2 Å². The van der Waals surface area contributed by atoms with Gasteiger partial charge in [0.1, 0.15) is 11.5 Å². The number of piperazine rings is 1. The Kier molecular flexibility index (Phi) is 9.06. The van der Waals surface area contributed by atoms with Crippen molar-refractivity contribution in [2.45, 2.75) is 58.7 Å². The molecule has 0 spiro atoms. The second-order valence-corrected chi connectivity index (χ2v) is 11.7. The van der Waals surface area contributed by atoms with Crippen LogP contribution in [0.1, 0.15) is 43.9 Å². The van der Waals surface area contributed by atoms with Crippen molar-refractivity contribution in [1.29, 1.82) is 0 Å². The van der Waals surface area contributed by atoms with Gasteiger partial charge in [-0.05, 0) is 78.9 Å². The molecule has 1 aliphatic heterocycles. The van der Waals surface area contributed by atoms with Gasteiger partial charge in [0.05, 0.1) is 7.11 Å². The molecule has 1 fully saturated rings. The fourth-order valence-corrected chi connectivity index (χ4v) is 6.19. The predicted octanol–water partition coefficient (Wildman–Crippen LogP) is 7.14. The molecule has 0 bridgehead atoms. The number of alkyl halides is 3. The monoisotopic (exact) mass is 594 g/mol. The Labute approximate surface area is 251 Å². The molecule has 2 heterocycles. The van der Waals surface area contributed by atoms with Gasteiger partial charge in [-0.2, -0.15) is 0 Å². The number of methoxy groups -OCH3 is 1. The molecule has 3 aromatic carbocycles. The summed E-state index contributed by atoms with van der Waals surface area (Å²) in [7, 11) is 1.70. The van der Waals surface area contributed by atoms with Crippen molar-refractivity contribution >= 4 is 10.9 Å². The highest BCUT2D eigenvalue weighted by Gasteiger charge is 2.32. The molecule has 43 heavy (non-hydrogen) atoms. The molecule has 6 nitrogen and oxygen atoms in total. The van der Waals surface area contributed by atoms with Crippen LogP contribution in [0, 0.1) is 0 Å². The van der Waals surface area contributed by atoms with E-state index >= 15 is 0 Å². The summed E-state index contributed by atoms with van der Waals surface area (Å²) >= 11 is 0. The molecule has 0 unspecified atom stereocenters. The summed E-state index contributed by atoms with van der Waals surface area (Å²) in [4.78, 5) is 5.02. The van der Waals surface area contributed by atoms with Crippen LogP contribution in [0.25, 0.3) is 22.0 Å². The summed E-state index contributed by atoms with van der Waals surface area (Å²) in [6, 6.07) is 19.3. The molecule has 0 radical (unpaired) electrons. The number of fused-ring (bicyclic) bond motifs is 1. The van der Waals surface area contributed by atoms with Gasteiger partial charge in [0, 0.05) is 74.0 Å². The van der Waals surface area contributed by atoms with Gasteiger partial charge in [0.2, 0.25) is 0 Å². The Bertz CT molecular complexity index is 1560. The van der Waals surface area contributed by atoms with Crippen molar-refractivity contribution < 1.29 is 22.6 Å². The molecule has 1 aliphatic rings. The van der Waals surface area contributed by atoms with E-state index in [2.05, 4.69) is 76.4 Å². The molecule has 0 aliphatic carbocycles. The van der Waals surface area contributed by atoms with Crippen molar-refractivity contribution in [2.24, 2.45) is 5.73 Å². The number of benzene rings is 3. The highest BCUT2D eigenvalue weighted by Crippen LogP contribution is 2.37. The fourth-order valence-electron chi connectivity index (χ4n) is 6.19. The van der Waals surface area contributed by atoms with Gasteiger partial charge in [0.15, 0.2) is 0 Å². The minimum absolute atomic E-state index is 0.0981. The van der Waals surface area contributed by atoms with E-state index in [9.17, 15) is 13.2 Å². The largest absolute Gasteiger partial charge is 0.573 e. The number of aromatic nitrogens is 1. The Morgan fingerprint density at radius 2 is 1.65 bits per heavy atom. The van der Waals surface area contributed by atoms with E-state index in [0.29, 0.717) is 5.56 Å². The van der Waals surface area contributed by atoms with Crippen LogP contribution in [0.15, 0.2) is 66.9 Å². The summed E-state index contributed by atoms with van der Waals surface area (Å²) in [6.45, 7) is 12.2. The maximum absolute atomic E-state index is 12.9. The molecule has 230 valence electrons. The number of hydrogen-bond donors (Lipinski definition) is 1. The molecule has 2 N–H and O–H groups in total. The SMILES string of the molecule is CCCn1cc(-c2ccc(OC(F)(F)F)cc2CN)c2cc(CN3CCN(C(C)(C)c4cccc(OC)c4)CC3)ccc21. The van der Waals surface area contributed by atoms with Crippen molar-refractivity contribution in [1.82, 2.24) is 14.4 Å². The van der Waals surface area contributed by atoms with Gasteiger partial charge in [0.25, 0.3) is 0 Å². The maximum Gasteiger partial charge on any atom is 0.573 e. The van der Waals surface area contributed by atoms with Crippen LogP contribution in [0.4, 0.5) is 13.2 Å². The van der Waals surface area contributed by atoms with Crippen LogP contribution >= 0.6 is 0 Å². The highest BCUT2D eigenvalue weighted by atomic mass is 19.4. The first-order chi connectivity index (χ1) is 20.5. The first-order valence-corrected chi connectivity index (χ1v) is 14.8. The van der Waals surface area contributed by atoms with Gasteiger partial charge in [-0.25, -0.2) is 0 Å². The average molecular weight is 595 g/mol. The van der Waals surface area contributed by atoms with Crippen molar-refractivity contribution in [3.05, 3.63) is 83.6 Å². The minimum atomic E-state index is -4.75. The van der Waals surface area contributed by atoms with E-state index in [0.717, 1.165) is 73.5 Å². The average Bonchev–Trinajstić information content (AvgIpc) is 3.34. The molecule has 4 aromatic rings. The second-order valence-electron chi connectivity index (χ2n) is 11.7. The van der Waals surface area contributed by atoms with Crippen LogP contribution in [0.3, 0.4) is 0 Å². The third kappa shape index (κ3) is 6.84. The summed E-state index contributed by atoms with van der Waals surface area (Å²) in [6.07, 6.45) is -1.70. The zero-order valence-electron chi connectivity index (χ0n) is 25.4. The van der Waals surface area contributed by atoms with Gasteiger partial charge < -0.3 is 19.8 Å². The Hall–Kier alpha value is -3.53. The van der Waals surface area contributed by atoms with Crippen LogP contribution in [0.2, 0.25) is 0 Å². The fraction of sp³-hybridized carbons (Fsp3) is 0.412. The number of nitrogens with two attached hydrogens (primary N) is 1. The highest BCUT2D eigenvalue weighted by molar-refractivity contribution is 5.97. The summed E-state index contributed by atoms with van der Waals surface area (Å²) < 4.78 is 50.4. The quantitative estimate of drug-likeness (QED) is 0.212. The lowest BCUT2D eigenvalue weighted by Crippen LogP contribution is -2.52. The summed E-state index contributed by atoms with van der Waals surface area (Å²) in [5.41, 5.74) is 11.8. The smallest absolute Gasteiger partial charge is 0.497 e. The molecule has 9 heteroatoms. The van der Waals surface area contributed by atoms with Crippen LogP contribution in [0.5, 0.6) is 11.5 Å². The lowest BCUT2D eigenvalue weighted by Gasteiger charge is -2.44. The molecule has 1 aromatic heterocycles. The number of rotatable bonds is 10. The van der Waals surface area contributed by atoms with E-state index in [1.807, 2.05) is 12.1 Å². The maximum atomic E-state index is 12.9. The standard InChI is InChI=1S/C34H41F3N4O2/c1-5-13-40-23-31(29-11-10-28(19-25(29)21-38)43-34(35,36)37)30-18-24(9-12-32(30)40)22-39-14-16-41(17-15-39)33(2,3)26-7-6-8-27(20-26)42-4/h6-12,18-20,23H,5,13-17,21-22,38H2,1-4H3. The number of hydrogen-bond acceptors (Lipinski definition) is 5.